The van der Waals surface area contributed by atoms with E-state index in [1.54, 1.807) is 12.1 Å². The number of fused-ring (bicyclic) bond motifs is 3. The van der Waals surface area contributed by atoms with Crippen LogP contribution in [0.4, 0.5) is 5.82 Å². The number of pyridine rings is 1. The quantitative estimate of drug-likeness (QED) is 0.405. The van der Waals surface area contributed by atoms with Crippen molar-refractivity contribution in [2.75, 3.05) is 19.5 Å². The number of methoxy groups -OCH3 is 1. The van der Waals surface area contributed by atoms with Gasteiger partial charge in [0.25, 0.3) is 0 Å². The zero-order chi connectivity index (χ0) is 22.7. The Hall–Kier alpha value is -3.45. The molecule has 2 heterocycles. The van der Waals surface area contributed by atoms with Crippen LogP contribution in [0.3, 0.4) is 0 Å². The summed E-state index contributed by atoms with van der Waals surface area (Å²) in [5.74, 6) is 1.36. The fourth-order valence-corrected chi connectivity index (χ4v) is 4.01. The number of ether oxygens (including phenoxy) is 1. The minimum atomic E-state index is -0.378. The number of imidazole rings is 1. The molecule has 7 heteroatoms. The Balaban J connectivity index is 1.94. The van der Waals surface area contributed by atoms with E-state index in [4.69, 9.17) is 20.4 Å². The van der Waals surface area contributed by atoms with E-state index in [0.29, 0.717) is 24.5 Å². The van der Waals surface area contributed by atoms with Gasteiger partial charge in [0.1, 0.15) is 11.3 Å². The van der Waals surface area contributed by atoms with Crippen LogP contribution in [-0.4, -0.2) is 34.7 Å². The van der Waals surface area contributed by atoms with E-state index < -0.39 is 0 Å². The number of benzene rings is 2. The third-order valence-electron chi connectivity index (χ3n) is 5.77. The lowest BCUT2D eigenvalue weighted by Gasteiger charge is -2.12. The first kappa shape index (κ1) is 21.8. The largest absolute Gasteiger partial charge is 0.465 e. The zero-order valence-corrected chi connectivity index (χ0v) is 18.8. The Morgan fingerprint density at radius 3 is 2.53 bits per heavy atom. The lowest BCUT2D eigenvalue weighted by Crippen LogP contribution is -2.07. The van der Waals surface area contributed by atoms with Crippen LogP contribution in [0.15, 0.2) is 42.5 Å². The van der Waals surface area contributed by atoms with Crippen molar-refractivity contribution < 1.29 is 9.53 Å². The molecule has 0 radical (unpaired) electrons. The summed E-state index contributed by atoms with van der Waals surface area (Å²) in [5, 5.41) is 4.14. The summed E-state index contributed by atoms with van der Waals surface area (Å²) in [6.45, 7) is 3.41. The van der Waals surface area contributed by atoms with Crippen molar-refractivity contribution >= 4 is 33.7 Å². The molecule has 2 aromatic heterocycles. The third kappa shape index (κ3) is 4.03. The first-order valence-electron chi connectivity index (χ1n) is 11.0. The monoisotopic (exact) mass is 431 g/mol. The number of carbonyl (C=O) groups is 1. The molecule has 0 amide bonds. The molecule has 0 unspecified atom stereocenters. The van der Waals surface area contributed by atoms with E-state index in [2.05, 4.69) is 41.1 Å². The van der Waals surface area contributed by atoms with Gasteiger partial charge < -0.3 is 20.4 Å². The molecule has 4 aromatic rings. The molecule has 3 N–H and O–H groups in total. The van der Waals surface area contributed by atoms with Gasteiger partial charge in [-0.3, -0.25) is 0 Å². The minimum absolute atomic E-state index is 0.378. The average Bonchev–Trinajstić information content (AvgIpc) is 3.19. The molecule has 4 rings (SSSR count). The molecular formula is C25H29N5O2. The van der Waals surface area contributed by atoms with Gasteiger partial charge in [0, 0.05) is 31.9 Å². The van der Waals surface area contributed by atoms with Crippen LogP contribution >= 0.6 is 0 Å². The lowest BCUT2D eigenvalue weighted by atomic mass is 10.1. The molecule has 7 nitrogen and oxygen atoms in total. The van der Waals surface area contributed by atoms with Gasteiger partial charge >= 0.3 is 5.97 Å². The number of nitrogens with zero attached hydrogens (tertiary/aromatic N) is 3. The maximum atomic E-state index is 12.1. The average molecular weight is 432 g/mol. The summed E-state index contributed by atoms with van der Waals surface area (Å²) in [4.78, 5) is 21.8. The molecule has 0 fully saturated rings. The molecule has 0 atom stereocenters. The van der Waals surface area contributed by atoms with Gasteiger partial charge in [-0.25, -0.2) is 14.8 Å². The third-order valence-corrected chi connectivity index (χ3v) is 5.77. The van der Waals surface area contributed by atoms with Crippen molar-refractivity contribution in [3.63, 3.8) is 0 Å². The first-order valence-corrected chi connectivity index (χ1v) is 11.0. The second kappa shape index (κ2) is 9.36. The van der Waals surface area contributed by atoms with Gasteiger partial charge in [-0.1, -0.05) is 37.6 Å². The summed E-state index contributed by atoms with van der Waals surface area (Å²) < 4.78 is 7.17. The van der Waals surface area contributed by atoms with Gasteiger partial charge in [-0.15, -0.1) is 0 Å². The number of anilines is 1. The maximum absolute atomic E-state index is 12.1. The highest BCUT2D eigenvalue weighted by atomic mass is 16.5. The Kier molecular flexibility index (Phi) is 6.37. The number of carbonyl (C=O) groups excluding carboxylic acids is 1. The molecule has 0 bridgehead atoms. The Bertz CT molecular complexity index is 1260. The van der Waals surface area contributed by atoms with Gasteiger partial charge in [0.15, 0.2) is 5.82 Å². The van der Waals surface area contributed by atoms with E-state index in [9.17, 15) is 4.79 Å². The number of nitrogens with two attached hydrogens (primary N) is 1. The molecule has 0 saturated heterocycles. The van der Waals surface area contributed by atoms with E-state index in [1.165, 1.54) is 12.7 Å². The number of rotatable bonds is 8. The van der Waals surface area contributed by atoms with Crippen LogP contribution < -0.4 is 11.1 Å². The topological polar surface area (TPSA) is 95.1 Å². The van der Waals surface area contributed by atoms with Gasteiger partial charge in [0.2, 0.25) is 0 Å². The number of aromatic nitrogens is 3. The summed E-state index contributed by atoms with van der Waals surface area (Å²) in [7, 11) is 3.22. The molecular weight excluding hydrogens is 402 g/mol. The van der Waals surface area contributed by atoms with Crippen LogP contribution in [0, 0.1) is 0 Å². The molecule has 0 spiro atoms. The van der Waals surface area contributed by atoms with Crippen molar-refractivity contribution in [1.82, 2.24) is 14.5 Å². The Morgan fingerprint density at radius 1 is 1.12 bits per heavy atom. The Morgan fingerprint density at radius 2 is 1.88 bits per heavy atom. The molecule has 0 aliphatic rings. The fourth-order valence-electron chi connectivity index (χ4n) is 4.01. The normalized spacial score (nSPS) is 11.2. The standard InChI is InChI=1S/C25H29N5O2/c1-4-5-6-21-29-22-23(30(21)15-17-9-7-16(14-26)8-10-17)19-12-11-18(25(31)32-3)13-20(19)28-24(22)27-2/h7-13H,4-6,14-15,26H2,1-3H3,(H,27,28). The number of hydrogen-bond donors (Lipinski definition) is 2. The van der Waals surface area contributed by atoms with E-state index in [1.807, 2.05) is 13.1 Å². The van der Waals surface area contributed by atoms with E-state index in [0.717, 1.165) is 52.6 Å². The maximum Gasteiger partial charge on any atom is 0.337 e. The van der Waals surface area contributed by atoms with Crippen molar-refractivity contribution in [2.45, 2.75) is 39.3 Å². The second-order valence-corrected chi connectivity index (χ2v) is 7.87. The smallest absolute Gasteiger partial charge is 0.337 e. The van der Waals surface area contributed by atoms with E-state index >= 15 is 0 Å². The number of aryl methyl sites for hydroxylation is 1. The van der Waals surface area contributed by atoms with Crippen molar-refractivity contribution in [2.24, 2.45) is 5.73 Å². The fraction of sp³-hybridized carbons (Fsp3) is 0.320. The van der Waals surface area contributed by atoms with Crippen molar-refractivity contribution in [3.8, 4) is 0 Å². The van der Waals surface area contributed by atoms with Crippen LogP contribution in [0.1, 0.15) is 47.1 Å². The van der Waals surface area contributed by atoms with Gasteiger partial charge in [-0.05, 0) is 35.7 Å². The van der Waals surface area contributed by atoms with Crippen LogP contribution in [0.5, 0.6) is 0 Å². The molecule has 166 valence electrons. The summed E-state index contributed by atoms with van der Waals surface area (Å²) in [6.07, 6.45) is 3.04. The van der Waals surface area contributed by atoms with Gasteiger partial charge in [0.05, 0.1) is 23.7 Å². The summed E-state index contributed by atoms with van der Waals surface area (Å²) in [5.41, 5.74) is 11.1. The number of hydrogen-bond acceptors (Lipinski definition) is 6. The van der Waals surface area contributed by atoms with Crippen molar-refractivity contribution in [1.29, 1.82) is 0 Å². The minimum Gasteiger partial charge on any atom is -0.465 e. The van der Waals surface area contributed by atoms with Gasteiger partial charge in [-0.2, -0.15) is 0 Å². The second-order valence-electron chi connectivity index (χ2n) is 7.87. The number of unbranched alkanes of at least 4 members (excludes halogenated alkanes) is 1. The predicted octanol–water partition coefficient (Wildman–Crippen LogP) is 4.26. The molecule has 0 aliphatic heterocycles. The summed E-state index contributed by atoms with van der Waals surface area (Å²) in [6, 6.07) is 13.9. The number of esters is 1. The highest BCUT2D eigenvalue weighted by molar-refractivity contribution is 6.08. The zero-order valence-electron chi connectivity index (χ0n) is 18.8. The van der Waals surface area contributed by atoms with Crippen LogP contribution in [0.2, 0.25) is 0 Å². The highest BCUT2D eigenvalue weighted by Gasteiger charge is 2.19. The molecule has 0 saturated carbocycles. The van der Waals surface area contributed by atoms with E-state index in [-0.39, 0.29) is 5.97 Å². The summed E-state index contributed by atoms with van der Waals surface area (Å²) >= 11 is 0. The molecule has 2 aromatic carbocycles. The molecule has 0 aliphatic carbocycles. The Labute approximate surface area is 187 Å². The lowest BCUT2D eigenvalue weighted by molar-refractivity contribution is 0.0601. The first-order chi connectivity index (χ1) is 15.6. The van der Waals surface area contributed by atoms with Crippen LogP contribution in [0.25, 0.3) is 21.9 Å². The SMILES string of the molecule is CCCCc1nc2c(NC)nc3cc(C(=O)OC)ccc3c2n1Cc1ccc(CN)cc1. The number of nitrogens with one attached hydrogen (secondary N) is 1. The highest BCUT2D eigenvalue weighted by Crippen LogP contribution is 2.32. The van der Waals surface area contributed by atoms with Crippen LogP contribution in [-0.2, 0) is 24.2 Å². The van der Waals surface area contributed by atoms with Crippen molar-refractivity contribution in [3.05, 3.63) is 65.0 Å². The predicted molar refractivity (Wildman–Crippen MR) is 128 cm³/mol. The molecule has 32 heavy (non-hydrogen) atoms.